The first-order chi connectivity index (χ1) is 13.4. The van der Waals surface area contributed by atoms with E-state index in [1.165, 1.54) is 11.8 Å². The molecule has 1 N–H and O–H groups in total. The number of hydrogen-bond acceptors (Lipinski definition) is 4. The average Bonchev–Trinajstić information content (AvgIpc) is 2.69. The van der Waals surface area contributed by atoms with E-state index in [9.17, 15) is 4.79 Å². The lowest BCUT2D eigenvalue weighted by atomic mass is 10.2. The van der Waals surface area contributed by atoms with Crippen LogP contribution in [0.15, 0.2) is 60.9 Å². The molecule has 0 spiro atoms. The summed E-state index contributed by atoms with van der Waals surface area (Å²) in [7, 11) is 0. The molecular formula is C22H23ClN4O. The Bertz CT molecular complexity index is 943. The number of aryl methyl sites for hydroxylation is 1. The molecule has 0 atom stereocenters. The zero-order valence-electron chi connectivity index (χ0n) is 16.2. The molecule has 1 aromatic heterocycles. The number of nitrogens with one attached hydrogen (secondary N) is 1. The van der Waals surface area contributed by atoms with Gasteiger partial charge in [0, 0.05) is 23.3 Å². The third kappa shape index (κ3) is 4.87. The van der Waals surface area contributed by atoms with Gasteiger partial charge >= 0.3 is 0 Å². The van der Waals surface area contributed by atoms with E-state index in [1.807, 2.05) is 31.2 Å². The van der Waals surface area contributed by atoms with Crippen molar-refractivity contribution in [1.82, 2.24) is 9.97 Å². The molecule has 6 heteroatoms. The molecule has 0 radical (unpaired) electrons. The molecule has 0 bridgehead atoms. The fraction of sp³-hybridized carbons (Fsp3) is 0.227. The Morgan fingerprint density at radius 2 is 1.86 bits per heavy atom. The van der Waals surface area contributed by atoms with Gasteiger partial charge in [0.25, 0.3) is 5.91 Å². The molecule has 3 rings (SSSR count). The molecular weight excluding hydrogens is 372 g/mol. The Labute approximate surface area is 170 Å². The van der Waals surface area contributed by atoms with Crippen LogP contribution in [0, 0.1) is 6.92 Å². The second kappa shape index (κ2) is 8.85. The summed E-state index contributed by atoms with van der Waals surface area (Å²) in [5.41, 5.74) is 3.02. The van der Waals surface area contributed by atoms with Crippen LogP contribution in [0.4, 0.5) is 11.5 Å². The second-order valence-corrected chi connectivity index (χ2v) is 7.29. The fourth-order valence-electron chi connectivity index (χ4n) is 2.76. The van der Waals surface area contributed by atoms with E-state index in [0.29, 0.717) is 10.7 Å². The number of amides is 1. The van der Waals surface area contributed by atoms with E-state index in [4.69, 9.17) is 11.6 Å². The largest absolute Gasteiger partial charge is 0.349 e. The topological polar surface area (TPSA) is 58.1 Å². The molecule has 0 aliphatic heterocycles. The van der Waals surface area contributed by atoms with Gasteiger partial charge in [0.15, 0.2) is 0 Å². The van der Waals surface area contributed by atoms with Crippen LogP contribution in [0.1, 0.15) is 35.5 Å². The molecule has 0 aliphatic carbocycles. The van der Waals surface area contributed by atoms with Crippen molar-refractivity contribution in [3.63, 3.8) is 0 Å². The van der Waals surface area contributed by atoms with Crippen molar-refractivity contribution in [3.05, 3.63) is 82.8 Å². The van der Waals surface area contributed by atoms with Gasteiger partial charge in [-0.25, -0.2) is 9.97 Å². The Kier molecular flexibility index (Phi) is 6.26. The van der Waals surface area contributed by atoms with E-state index in [2.05, 4.69) is 46.2 Å². The first-order valence-corrected chi connectivity index (χ1v) is 9.52. The highest BCUT2D eigenvalue weighted by atomic mass is 35.5. The number of rotatable bonds is 6. The van der Waals surface area contributed by atoms with Gasteiger partial charge in [-0.3, -0.25) is 4.79 Å². The monoisotopic (exact) mass is 394 g/mol. The molecule has 5 nitrogen and oxygen atoms in total. The van der Waals surface area contributed by atoms with Gasteiger partial charge in [0.2, 0.25) is 0 Å². The quantitative estimate of drug-likeness (QED) is 0.631. The number of halogens is 1. The molecule has 28 heavy (non-hydrogen) atoms. The van der Waals surface area contributed by atoms with Crippen LogP contribution in [-0.4, -0.2) is 21.9 Å². The van der Waals surface area contributed by atoms with Gasteiger partial charge in [-0.1, -0.05) is 48.0 Å². The summed E-state index contributed by atoms with van der Waals surface area (Å²) in [5, 5.41) is 3.40. The number of nitrogens with zero attached hydrogens (tertiary/aromatic N) is 3. The van der Waals surface area contributed by atoms with Crippen molar-refractivity contribution in [2.24, 2.45) is 0 Å². The Hall–Kier alpha value is -2.92. The predicted molar refractivity (Wildman–Crippen MR) is 114 cm³/mol. The van der Waals surface area contributed by atoms with Gasteiger partial charge < -0.3 is 10.2 Å². The van der Waals surface area contributed by atoms with Crippen LogP contribution in [0.25, 0.3) is 0 Å². The van der Waals surface area contributed by atoms with Crippen LogP contribution in [0.2, 0.25) is 5.02 Å². The summed E-state index contributed by atoms with van der Waals surface area (Å²) >= 11 is 6.11. The number of benzene rings is 2. The fourth-order valence-corrected chi connectivity index (χ4v) is 2.94. The maximum Gasteiger partial charge on any atom is 0.275 e. The smallest absolute Gasteiger partial charge is 0.275 e. The van der Waals surface area contributed by atoms with Gasteiger partial charge in [0.05, 0.1) is 12.4 Å². The van der Waals surface area contributed by atoms with Gasteiger partial charge in [-0.05, 0) is 44.0 Å². The summed E-state index contributed by atoms with van der Waals surface area (Å²) in [4.78, 5) is 23.4. The molecule has 3 aromatic rings. The number of anilines is 2. The summed E-state index contributed by atoms with van der Waals surface area (Å²) in [5.74, 6) is 0.409. The van der Waals surface area contributed by atoms with Crippen LogP contribution in [0.5, 0.6) is 0 Å². The van der Waals surface area contributed by atoms with Crippen molar-refractivity contribution in [1.29, 1.82) is 0 Å². The van der Waals surface area contributed by atoms with Crippen LogP contribution in [-0.2, 0) is 6.54 Å². The summed E-state index contributed by atoms with van der Waals surface area (Å²) in [6.07, 6.45) is 3.14. The third-order valence-corrected chi connectivity index (χ3v) is 4.82. The van der Waals surface area contributed by atoms with Crippen molar-refractivity contribution >= 4 is 29.0 Å². The molecule has 0 saturated carbocycles. The number of carbonyl (C=O) groups excluding carboxylic acids is 1. The van der Waals surface area contributed by atoms with Gasteiger partial charge in [-0.15, -0.1) is 0 Å². The number of carbonyl (C=O) groups is 1. The molecule has 144 valence electrons. The lowest BCUT2D eigenvalue weighted by Crippen LogP contribution is -2.31. The molecule has 1 amide bonds. The molecule has 0 saturated heterocycles. The molecule has 1 heterocycles. The average molecular weight is 395 g/mol. The van der Waals surface area contributed by atoms with Crippen molar-refractivity contribution < 1.29 is 4.79 Å². The lowest BCUT2D eigenvalue weighted by molar-refractivity contribution is 0.102. The lowest BCUT2D eigenvalue weighted by Gasteiger charge is -2.27. The zero-order chi connectivity index (χ0) is 20.1. The number of hydrogen-bond donors (Lipinski definition) is 1. The minimum absolute atomic E-state index is 0.240. The predicted octanol–water partition coefficient (Wildman–Crippen LogP) is 5.11. The molecule has 0 unspecified atom stereocenters. The minimum Gasteiger partial charge on any atom is -0.349 e. The van der Waals surface area contributed by atoms with E-state index in [-0.39, 0.29) is 17.6 Å². The van der Waals surface area contributed by atoms with E-state index in [0.717, 1.165) is 17.9 Å². The molecule has 0 fully saturated rings. The van der Waals surface area contributed by atoms with Crippen molar-refractivity contribution in [2.75, 3.05) is 10.2 Å². The highest BCUT2D eigenvalue weighted by molar-refractivity contribution is 6.31. The van der Waals surface area contributed by atoms with Crippen LogP contribution < -0.4 is 10.2 Å². The highest BCUT2D eigenvalue weighted by Gasteiger charge is 2.15. The maximum atomic E-state index is 12.4. The zero-order valence-corrected chi connectivity index (χ0v) is 16.9. The molecule has 2 aromatic carbocycles. The second-order valence-electron chi connectivity index (χ2n) is 6.89. The van der Waals surface area contributed by atoms with Crippen LogP contribution in [0.3, 0.4) is 0 Å². The van der Waals surface area contributed by atoms with Crippen molar-refractivity contribution in [2.45, 2.75) is 33.4 Å². The summed E-state index contributed by atoms with van der Waals surface area (Å²) in [6, 6.07) is 15.8. The number of aromatic nitrogens is 2. The van der Waals surface area contributed by atoms with E-state index >= 15 is 0 Å². The third-order valence-electron chi connectivity index (χ3n) is 4.41. The Morgan fingerprint density at radius 3 is 2.46 bits per heavy atom. The summed E-state index contributed by atoms with van der Waals surface area (Å²) in [6.45, 7) is 6.84. The van der Waals surface area contributed by atoms with E-state index in [1.54, 1.807) is 18.3 Å². The SMILES string of the molecule is Cc1ccc(NC(=O)c2cnc(N(Cc3ccccc3)C(C)C)cn2)cc1Cl. The molecule has 0 aliphatic rings. The Morgan fingerprint density at radius 1 is 1.11 bits per heavy atom. The van der Waals surface area contributed by atoms with Crippen LogP contribution >= 0.6 is 11.6 Å². The first kappa shape index (κ1) is 19.8. The van der Waals surface area contributed by atoms with Gasteiger partial charge in [-0.2, -0.15) is 0 Å². The van der Waals surface area contributed by atoms with Crippen molar-refractivity contribution in [3.8, 4) is 0 Å². The summed E-state index contributed by atoms with van der Waals surface area (Å²) < 4.78 is 0. The maximum absolute atomic E-state index is 12.4. The first-order valence-electron chi connectivity index (χ1n) is 9.14. The van der Waals surface area contributed by atoms with E-state index < -0.39 is 0 Å². The standard InChI is InChI=1S/C22H23ClN4O/c1-15(2)27(14-17-7-5-4-6-8-17)21-13-24-20(12-25-21)22(28)26-18-10-9-16(3)19(23)11-18/h4-13,15H,14H2,1-3H3,(H,26,28). The highest BCUT2D eigenvalue weighted by Crippen LogP contribution is 2.21. The minimum atomic E-state index is -0.321. The van der Waals surface area contributed by atoms with Gasteiger partial charge in [0.1, 0.15) is 11.5 Å². The Balaban J connectivity index is 1.73. The normalized spacial score (nSPS) is 10.8.